The quantitative estimate of drug-likeness (QED) is 0.0444. The van der Waals surface area contributed by atoms with Gasteiger partial charge in [-0.1, -0.05) is 68.4 Å². The number of aliphatic hydroxyl groups excluding tert-OH is 3. The molecule has 17 heteroatoms. The van der Waals surface area contributed by atoms with Gasteiger partial charge in [-0.3, -0.25) is 19.2 Å². The average molecular weight is 936 g/mol. The van der Waals surface area contributed by atoms with Crippen molar-refractivity contribution in [3.05, 3.63) is 95.6 Å². The molecular formula is C50H69N3O14. The molecule has 5 rings (SSSR count). The maximum Gasteiger partial charge on any atom is 0.232 e. The number of carbonyl (C=O) groups is 4. The molecule has 5 N–H and O–H groups in total. The van der Waals surface area contributed by atoms with E-state index in [9.17, 15) is 34.5 Å². The number of rotatable bonds is 26. The molecule has 0 radical (unpaired) electrons. The zero-order valence-electron chi connectivity index (χ0n) is 39.6. The van der Waals surface area contributed by atoms with E-state index in [1.807, 2.05) is 78.9 Å². The second kappa shape index (κ2) is 24.9. The fraction of sp³-hybridized carbons (Fsp3) is 0.560. The zero-order chi connectivity index (χ0) is 48.6. The molecule has 368 valence electrons. The Bertz CT molecular complexity index is 1990. The highest BCUT2D eigenvalue weighted by molar-refractivity contribution is 5.97. The lowest BCUT2D eigenvalue weighted by molar-refractivity contribution is -0.272. The molecule has 2 aliphatic rings. The first-order valence-electron chi connectivity index (χ1n) is 22.8. The number of aliphatic hydroxyl groups is 3. The van der Waals surface area contributed by atoms with E-state index in [0.717, 1.165) is 16.7 Å². The smallest absolute Gasteiger partial charge is 0.232 e. The summed E-state index contributed by atoms with van der Waals surface area (Å²) in [6.45, 7) is 6.83. The Labute approximate surface area is 393 Å². The summed E-state index contributed by atoms with van der Waals surface area (Å²) >= 11 is 0. The number of hydrogen-bond donors (Lipinski definition) is 5. The van der Waals surface area contributed by atoms with Gasteiger partial charge in [0.05, 0.1) is 47.3 Å². The van der Waals surface area contributed by atoms with Gasteiger partial charge in [0.1, 0.15) is 53.7 Å². The number of nitrogens with zero attached hydrogens (tertiary/aromatic N) is 1. The minimum Gasteiger partial charge on any atom is -0.497 e. The zero-order valence-corrected chi connectivity index (χ0v) is 39.6. The number of ketones is 1. The predicted molar refractivity (Wildman–Crippen MR) is 246 cm³/mol. The van der Waals surface area contributed by atoms with E-state index < -0.39 is 65.5 Å². The van der Waals surface area contributed by atoms with Crippen LogP contribution >= 0.6 is 0 Å². The van der Waals surface area contributed by atoms with Crippen LogP contribution in [-0.4, -0.2) is 155 Å². The summed E-state index contributed by atoms with van der Waals surface area (Å²) in [6.07, 6.45) is -3.97. The molecule has 1 unspecified atom stereocenters. The molecule has 0 aliphatic carbocycles. The van der Waals surface area contributed by atoms with E-state index in [1.165, 1.54) is 6.92 Å². The first-order valence-corrected chi connectivity index (χ1v) is 22.8. The third-order valence-electron chi connectivity index (χ3n) is 12.9. The van der Waals surface area contributed by atoms with Gasteiger partial charge < -0.3 is 64.0 Å². The normalized spacial score (nSPS) is 24.0. The molecule has 0 saturated carbocycles. The van der Waals surface area contributed by atoms with Gasteiger partial charge in [0, 0.05) is 63.9 Å². The monoisotopic (exact) mass is 935 g/mol. The van der Waals surface area contributed by atoms with E-state index in [2.05, 4.69) is 24.5 Å². The van der Waals surface area contributed by atoms with E-state index in [4.69, 9.17) is 33.2 Å². The Morgan fingerprint density at radius 2 is 1.36 bits per heavy atom. The number of Topliss-reactive ketones (excluding diaryl/α,β-unsaturated/α-hetero) is 1. The molecule has 67 heavy (non-hydrogen) atoms. The number of benzene rings is 3. The molecule has 2 fully saturated rings. The first-order chi connectivity index (χ1) is 32.1. The molecule has 3 amide bonds. The summed E-state index contributed by atoms with van der Waals surface area (Å²) in [4.78, 5) is 52.7. The van der Waals surface area contributed by atoms with Crippen molar-refractivity contribution in [1.82, 2.24) is 15.5 Å². The second-order valence-electron chi connectivity index (χ2n) is 17.8. The standard InChI is InChI=1S/C50H69N3O14/c1-34(55)52-44-46(60)45(59)41(29-54)67-47(44)65-27-26-64-25-11-15-38(56)14-10-24-51-42(57)28-43(58)53-30-48(2,32-61-4)49(3,31-53)33-66-50(35-12-8-7-9-13-35,36-16-20-39(62-5)21-17-36)37-18-22-40(63-6)23-19-37/h7-9,12-13,16-23,41,44-47,54,59-60H,10-11,14-15,24-33H2,1-6H3,(H,51,57)(H,52,55)/t41-,44-,45+,46-,47?,48-,49+/m1/s1. The first kappa shape index (κ1) is 53.0. The van der Waals surface area contributed by atoms with Crippen molar-refractivity contribution in [3.63, 3.8) is 0 Å². The second-order valence-corrected chi connectivity index (χ2v) is 17.8. The highest BCUT2D eigenvalue weighted by atomic mass is 16.7. The fourth-order valence-corrected chi connectivity index (χ4v) is 8.82. The van der Waals surface area contributed by atoms with Crippen LogP contribution in [0.3, 0.4) is 0 Å². The summed E-state index contributed by atoms with van der Waals surface area (Å²) in [6, 6.07) is 24.6. The van der Waals surface area contributed by atoms with Crippen molar-refractivity contribution in [3.8, 4) is 11.5 Å². The van der Waals surface area contributed by atoms with E-state index in [-0.39, 0.29) is 63.9 Å². The van der Waals surface area contributed by atoms with E-state index >= 15 is 0 Å². The van der Waals surface area contributed by atoms with Crippen molar-refractivity contribution in [2.24, 2.45) is 10.8 Å². The number of amides is 3. The summed E-state index contributed by atoms with van der Waals surface area (Å²) in [5.41, 5.74) is 0.447. The van der Waals surface area contributed by atoms with Crippen LogP contribution < -0.4 is 20.1 Å². The summed E-state index contributed by atoms with van der Waals surface area (Å²) < 4.78 is 40.8. The van der Waals surface area contributed by atoms with Crippen molar-refractivity contribution in [1.29, 1.82) is 0 Å². The number of ether oxygens (including phenoxy) is 7. The molecule has 0 spiro atoms. The molecular weight excluding hydrogens is 867 g/mol. The molecule has 2 heterocycles. The lowest BCUT2D eigenvalue weighted by Crippen LogP contribution is -2.64. The SMILES string of the molecule is COC[C@@]1(C)CN(C(=O)CC(=O)NCCCC(=O)CCCOCCOC2O[C@H](CO)[C@H](O)[C@H](O)[C@H]2NC(C)=O)C[C@@]1(C)COC(c1ccccc1)(c1ccc(OC)cc1)c1ccc(OC)cc1. The van der Waals surface area contributed by atoms with Crippen LogP contribution in [0.4, 0.5) is 0 Å². The van der Waals surface area contributed by atoms with Gasteiger partial charge in [-0.15, -0.1) is 0 Å². The van der Waals surface area contributed by atoms with Gasteiger partial charge in [0.15, 0.2) is 6.29 Å². The van der Waals surface area contributed by atoms with Gasteiger partial charge in [-0.05, 0) is 53.8 Å². The highest BCUT2D eigenvalue weighted by Crippen LogP contribution is 2.50. The Morgan fingerprint density at radius 3 is 1.93 bits per heavy atom. The Kier molecular flexibility index (Phi) is 19.7. The summed E-state index contributed by atoms with van der Waals surface area (Å²) in [5, 5.41) is 35.3. The van der Waals surface area contributed by atoms with E-state index in [0.29, 0.717) is 44.0 Å². The Morgan fingerprint density at radius 1 is 0.776 bits per heavy atom. The van der Waals surface area contributed by atoms with E-state index in [1.54, 1.807) is 26.2 Å². The van der Waals surface area contributed by atoms with Crippen molar-refractivity contribution in [2.75, 3.05) is 80.6 Å². The molecule has 3 aromatic carbocycles. The number of hydrogen-bond acceptors (Lipinski definition) is 14. The Hall–Kier alpha value is -4.98. The molecule has 7 atom stereocenters. The van der Waals surface area contributed by atoms with Crippen LogP contribution in [0.5, 0.6) is 11.5 Å². The third kappa shape index (κ3) is 13.4. The van der Waals surface area contributed by atoms with Gasteiger partial charge in [-0.25, -0.2) is 0 Å². The van der Waals surface area contributed by atoms with Crippen LogP contribution in [0, 0.1) is 10.8 Å². The van der Waals surface area contributed by atoms with Gasteiger partial charge in [-0.2, -0.15) is 0 Å². The molecule has 2 saturated heterocycles. The molecule has 3 aromatic rings. The highest BCUT2D eigenvalue weighted by Gasteiger charge is 2.55. The van der Waals surface area contributed by atoms with Crippen molar-refractivity contribution in [2.45, 2.75) is 89.1 Å². The molecule has 0 bridgehead atoms. The minimum atomic E-state index is -1.41. The lowest BCUT2D eigenvalue weighted by Gasteiger charge is -2.43. The third-order valence-corrected chi connectivity index (χ3v) is 12.9. The van der Waals surface area contributed by atoms with Crippen LogP contribution in [0.1, 0.15) is 69.6 Å². The number of likely N-dealkylation sites (tertiary alicyclic amines) is 1. The van der Waals surface area contributed by atoms with Gasteiger partial charge >= 0.3 is 0 Å². The summed E-state index contributed by atoms with van der Waals surface area (Å²) in [7, 11) is 4.89. The van der Waals surface area contributed by atoms with Gasteiger partial charge in [0.25, 0.3) is 0 Å². The largest absolute Gasteiger partial charge is 0.497 e. The van der Waals surface area contributed by atoms with Crippen LogP contribution in [0.15, 0.2) is 78.9 Å². The number of carbonyl (C=O) groups excluding carboxylic acids is 4. The predicted octanol–water partition coefficient (Wildman–Crippen LogP) is 3.13. The number of methoxy groups -OCH3 is 3. The van der Waals surface area contributed by atoms with Crippen molar-refractivity contribution >= 4 is 23.5 Å². The topological polar surface area (TPSA) is 221 Å². The lowest BCUT2D eigenvalue weighted by atomic mass is 9.68. The minimum absolute atomic E-state index is 0.00721. The molecule has 17 nitrogen and oxygen atoms in total. The Balaban J connectivity index is 1.10. The average Bonchev–Trinajstić information content (AvgIpc) is 3.59. The molecule has 0 aromatic heterocycles. The van der Waals surface area contributed by atoms with Crippen LogP contribution in [0.25, 0.3) is 0 Å². The van der Waals surface area contributed by atoms with Gasteiger partial charge in [0.2, 0.25) is 17.7 Å². The van der Waals surface area contributed by atoms with Crippen LogP contribution in [-0.2, 0) is 48.5 Å². The maximum atomic E-state index is 13.8. The maximum absolute atomic E-state index is 13.8. The summed E-state index contributed by atoms with van der Waals surface area (Å²) in [5.74, 6) is 0.235. The number of nitrogens with one attached hydrogen (secondary N) is 2. The van der Waals surface area contributed by atoms with Crippen molar-refractivity contribution < 1.29 is 67.7 Å². The van der Waals surface area contributed by atoms with Crippen LogP contribution in [0.2, 0.25) is 0 Å². The fourth-order valence-electron chi connectivity index (χ4n) is 8.82. The molecule has 2 aliphatic heterocycles.